The lowest BCUT2D eigenvalue weighted by atomic mass is 10.0. The van der Waals surface area contributed by atoms with Crippen molar-refractivity contribution >= 4 is 11.6 Å². The smallest absolute Gasteiger partial charge is 0.251 e. The van der Waals surface area contributed by atoms with Crippen LogP contribution < -0.4 is 10.6 Å². The average molecular weight is 259 g/mol. The molecule has 1 atom stereocenters. The molecule has 4 nitrogen and oxygen atoms in total. The fraction of sp³-hybridized carbons (Fsp3) is 0.533. The van der Waals surface area contributed by atoms with E-state index in [0.29, 0.717) is 6.04 Å². The molecule has 3 rings (SSSR count). The second kappa shape index (κ2) is 5.21. The number of hydrogen-bond donors (Lipinski definition) is 2. The number of likely N-dealkylation sites (N-methyl/N-ethyl adjacent to an activating group) is 1. The molecular formula is C15H21N3O. The molecule has 1 amide bonds. The van der Waals surface area contributed by atoms with Crippen LogP contribution in [0.15, 0.2) is 18.2 Å². The number of benzene rings is 1. The van der Waals surface area contributed by atoms with E-state index in [-0.39, 0.29) is 5.91 Å². The van der Waals surface area contributed by atoms with Crippen LogP contribution in [-0.2, 0) is 6.42 Å². The summed E-state index contributed by atoms with van der Waals surface area (Å²) in [5.74, 6) is 0.0636. The van der Waals surface area contributed by atoms with Crippen LogP contribution in [0.5, 0.6) is 0 Å². The maximum atomic E-state index is 12.2. The highest BCUT2D eigenvalue weighted by Crippen LogP contribution is 2.23. The van der Waals surface area contributed by atoms with Gasteiger partial charge in [-0.1, -0.05) is 0 Å². The van der Waals surface area contributed by atoms with Gasteiger partial charge in [-0.25, -0.2) is 0 Å². The van der Waals surface area contributed by atoms with Crippen LogP contribution in [0.1, 0.15) is 28.8 Å². The second-order valence-electron chi connectivity index (χ2n) is 5.62. The molecule has 0 spiro atoms. The van der Waals surface area contributed by atoms with E-state index in [1.807, 2.05) is 18.2 Å². The van der Waals surface area contributed by atoms with Crippen molar-refractivity contribution < 1.29 is 4.79 Å². The van der Waals surface area contributed by atoms with Crippen LogP contribution in [0, 0.1) is 0 Å². The Bertz CT molecular complexity index is 486. The van der Waals surface area contributed by atoms with E-state index in [1.165, 1.54) is 11.3 Å². The van der Waals surface area contributed by atoms with Gasteiger partial charge in [0.25, 0.3) is 5.91 Å². The van der Waals surface area contributed by atoms with Gasteiger partial charge in [-0.3, -0.25) is 4.79 Å². The Balaban J connectivity index is 1.69. The molecule has 1 aromatic rings. The van der Waals surface area contributed by atoms with Gasteiger partial charge in [0.2, 0.25) is 0 Å². The first-order valence-electron chi connectivity index (χ1n) is 7.08. The maximum absolute atomic E-state index is 12.2. The summed E-state index contributed by atoms with van der Waals surface area (Å²) in [5, 5.41) is 6.50. The lowest BCUT2D eigenvalue weighted by molar-refractivity contribution is 0.0938. The molecule has 0 saturated carbocycles. The largest absolute Gasteiger partial charge is 0.385 e. The molecule has 0 radical (unpaired) electrons. The molecule has 2 aliphatic rings. The Morgan fingerprint density at radius 1 is 1.47 bits per heavy atom. The summed E-state index contributed by atoms with van der Waals surface area (Å²) in [7, 11) is 2.09. The molecule has 2 heterocycles. The van der Waals surface area contributed by atoms with Crippen molar-refractivity contribution in [1.29, 1.82) is 0 Å². The van der Waals surface area contributed by atoms with Crippen molar-refractivity contribution in [1.82, 2.24) is 10.2 Å². The average Bonchev–Trinajstić information content (AvgIpc) is 2.83. The predicted molar refractivity (Wildman–Crippen MR) is 76.6 cm³/mol. The van der Waals surface area contributed by atoms with Gasteiger partial charge in [0.05, 0.1) is 0 Å². The quantitative estimate of drug-likeness (QED) is 0.845. The number of amides is 1. The summed E-state index contributed by atoms with van der Waals surface area (Å²) >= 11 is 0. The molecule has 1 fully saturated rings. The lowest BCUT2D eigenvalue weighted by Crippen LogP contribution is -2.36. The summed E-state index contributed by atoms with van der Waals surface area (Å²) in [6.45, 7) is 3.06. The molecule has 19 heavy (non-hydrogen) atoms. The fourth-order valence-corrected chi connectivity index (χ4v) is 2.94. The third-order valence-electron chi connectivity index (χ3n) is 4.03. The third-order valence-corrected chi connectivity index (χ3v) is 4.03. The van der Waals surface area contributed by atoms with Crippen LogP contribution >= 0.6 is 0 Å². The summed E-state index contributed by atoms with van der Waals surface area (Å²) in [6.07, 6.45) is 3.26. The number of nitrogens with zero attached hydrogens (tertiary/aromatic N) is 1. The van der Waals surface area contributed by atoms with Gasteiger partial charge in [-0.2, -0.15) is 0 Å². The number of aryl methyl sites for hydroxylation is 1. The van der Waals surface area contributed by atoms with Gasteiger partial charge in [0.15, 0.2) is 0 Å². The fourth-order valence-electron chi connectivity index (χ4n) is 2.94. The van der Waals surface area contributed by atoms with Crippen molar-refractivity contribution in [2.24, 2.45) is 0 Å². The van der Waals surface area contributed by atoms with Crippen LogP contribution in [0.3, 0.4) is 0 Å². The standard InChI is InChI=1S/C15H21N3O/c1-18-8-6-13(10-18)17-15(19)12-4-5-14-11(9-12)3-2-7-16-14/h4-5,9,13,16H,2-3,6-8,10H2,1H3,(H,17,19). The number of rotatable bonds is 2. The number of anilines is 1. The number of carbonyl (C=O) groups excluding carboxylic acids is 1. The number of hydrogen-bond acceptors (Lipinski definition) is 3. The van der Waals surface area contributed by atoms with Crippen molar-refractivity contribution in [2.75, 3.05) is 32.0 Å². The van der Waals surface area contributed by atoms with E-state index in [0.717, 1.165) is 44.5 Å². The molecule has 0 aliphatic carbocycles. The maximum Gasteiger partial charge on any atom is 0.251 e. The molecule has 4 heteroatoms. The summed E-state index contributed by atoms with van der Waals surface area (Å²) in [4.78, 5) is 14.5. The van der Waals surface area contributed by atoms with Crippen molar-refractivity contribution in [3.05, 3.63) is 29.3 Å². The summed E-state index contributed by atoms with van der Waals surface area (Å²) in [5.41, 5.74) is 3.24. The molecular weight excluding hydrogens is 238 g/mol. The van der Waals surface area contributed by atoms with Crippen molar-refractivity contribution in [3.8, 4) is 0 Å². The van der Waals surface area contributed by atoms with E-state index in [2.05, 4.69) is 22.6 Å². The molecule has 2 N–H and O–H groups in total. The molecule has 1 unspecified atom stereocenters. The van der Waals surface area contributed by atoms with Crippen molar-refractivity contribution in [2.45, 2.75) is 25.3 Å². The zero-order chi connectivity index (χ0) is 13.2. The molecule has 0 bridgehead atoms. The van der Waals surface area contributed by atoms with Crippen LogP contribution in [0.25, 0.3) is 0 Å². The summed E-state index contributed by atoms with van der Waals surface area (Å²) in [6, 6.07) is 6.29. The van der Waals surface area contributed by atoms with E-state index >= 15 is 0 Å². The monoisotopic (exact) mass is 259 g/mol. The molecule has 1 aromatic carbocycles. The Kier molecular flexibility index (Phi) is 3.42. The SMILES string of the molecule is CN1CCC(NC(=O)c2ccc3c(c2)CCCN3)C1. The van der Waals surface area contributed by atoms with Crippen molar-refractivity contribution in [3.63, 3.8) is 0 Å². The normalized spacial score (nSPS) is 22.7. The molecule has 1 saturated heterocycles. The number of likely N-dealkylation sites (tertiary alicyclic amines) is 1. The molecule has 2 aliphatic heterocycles. The van der Waals surface area contributed by atoms with Crippen LogP contribution in [-0.4, -0.2) is 43.5 Å². The minimum absolute atomic E-state index is 0.0636. The summed E-state index contributed by atoms with van der Waals surface area (Å²) < 4.78 is 0. The number of fused-ring (bicyclic) bond motifs is 1. The van der Waals surface area contributed by atoms with E-state index in [1.54, 1.807) is 0 Å². The Labute approximate surface area is 114 Å². The lowest BCUT2D eigenvalue weighted by Gasteiger charge is -2.19. The van der Waals surface area contributed by atoms with Crippen LogP contribution in [0.2, 0.25) is 0 Å². The highest BCUT2D eigenvalue weighted by molar-refractivity contribution is 5.95. The molecule has 0 aromatic heterocycles. The first-order valence-corrected chi connectivity index (χ1v) is 7.08. The Hall–Kier alpha value is -1.55. The topological polar surface area (TPSA) is 44.4 Å². The first-order chi connectivity index (χ1) is 9.22. The molecule has 102 valence electrons. The van der Waals surface area contributed by atoms with Gasteiger partial charge in [0.1, 0.15) is 0 Å². The first kappa shape index (κ1) is 12.5. The predicted octanol–water partition coefficient (Wildman–Crippen LogP) is 1.48. The van der Waals surface area contributed by atoms with E-state index in [9.17, 15) is 4.79 Å². The number of nitrogens with one attached hydrogen (secondary N) is 2. The van der Waals surface area contributed by atoms with Gasteiger partial charge < -0.3 is 15.5 Å². The van der Waals surface area contributed by atoms with Gasteiger partial charge in [-0.05, 0) is 56.6 Å². The van der Waals surface area contributed by atoms with E-state index in [4.69, 9.17) is 0 Å². The highest BCUT2D eigenvalue weighted by atomic mass is 16.1. The number of carbonyl (C=O) groups is 1. The third kappa shape index (κ3) is 2.73. The van der Waals surface area contributed by atoms with Crippen LogP contribution in [0.4, 0.5) is 5.69 Å². The van der Waals surface area contributed by atoms with Gasteiger partial charge in [-0.15, -0.1) is 0 Å². The second-order valence-corrected chi connectivity index (χ2v) is 5.62. The Morgan fingerprint density at radius 2 is 2.37 bits per heavy atom. The zero-order valence-corrected chi connectivity index (χ0v) is 11.4. The van der Waals surface area contributed by atoms with E-state index < -0.39 is 0 Å². The van der Waals surface area contributed by atoms with Gasteiger partial charge in [0, 0.05) is 30.4 Å². The van der Waals surface area contributed by atoms with Gasteiger partial charge >= 0.3 is 0 Å². The highest BCUT2D eigenvalue weighted by Gasteiger charge is 2.22. The minimum Gasteiger partial charge on any atom is -0.385 e. The zero-order valence-electron chi connectivity index (χ0n) is 11.4. The Morgan fingerprint density at radius 3 is 3.16 bits per heavy atom. The minimum atomic E-state index is 0.0636.